The molecule has 0 aliphatic carbocycles. The van der Waals surface area contributed by atoms with Gasteiger partial charge < -0.3 is 5.11 Å². The number of nitrogens with zero attached hydrogens (tertiary/aromatic N) is 2. The molecule has 2 aromatic carbocycles. The number of aromatic nitrogens is 2. The van der Waals surface area contributed by atoms with Crippen molar-refractivity contribution < 1.29 is 26.7 Å². The van der Waals surface area contributed by atoms with E-state index in [1.54, 1.807) is 0 Å². The summed E-state index contributed by atoms with van der Waals surface area (Å²) in [7, 11) is -7.81. The molecule has 0 radical (unpaired) electrons. The number of aromatic carboxylic acids is 1. The van der Waals surface area contributed by atoms with Gasteiger partial charge in [-0.3, -0.25) is 0 Å². The monoisotopic (exact) mass is 404 g/mol. The van der Waals surface area contributed by atoms with Gasteiger partial charge in [0.25, 0.3) is 0 Å². The number of carbonyl (C=O) groups is 1. The number of hydrogen-bond donors (Lipinski definition) is 1. The number of sulfone groups is 2. The molecule has 138 valence electrons. The van der Waals surface area contributed by atoms with Crippen molar-refractivity contribution in [1.29, 1.82) is 0 Å². The normalized spacial score (nSPS) is 11.9. The van der Waals surface area contributed by atoms with E-state index in [0.717, 1.165) is 6.33 Å². The van der Waals surface area contributed by atoms with Gasteiger partial charge >= 0.3 is 5.97 Å². The zero-order chi connectivity index (χ0) is 19.7. The summed E-state index contributed by atoms with van der Waals surface area (Å²) in [5, 5.41) is 8.68. The number of rotatable bonds is 5. The minimum Gasteiger partial charge on any atom is -0.478 e. The molecule has 27 heavy (non-hydrogen) atoms. The van der Waals surface area contributed by atoms with Gasteiger partial charge in [0.2, 0.25) is 19.7 Å². The largest absolute Gasteiger partial charge is 0.478 e. The second kappa shape index (κ2) is 6.89. The molecule has 0 saturated carbocycles. The van der Waals surface area contributed by atoms with Gasteiger partial charge in [-0.1, -0.05) is 0 Å². The fourth-order valence-corrected chi connectivity index (χ4v) is 4.69. The highest BCUT2D eigenvalue weighted by molar-refractivity contribution is 7.92. The summed E-state index contributed by atoms with van der Waals surface area (Å²) in [6.07, 6.45) is 2.39. The van der Waals surface area contributed by atoms with Crippen LogP contribution in [0.4, 0.5) is 0 Å². The van der Waals surface area contributed by atoms with Gasteiger partial charge in [0, 0.05) is 6.20 Å². The van der Waals surface area contributed by atoms with Crippen molar-refractivity contribution in [1.82, 2.24) is 9.97 Å². The van der Waals surface area contributed by atoms with Crippen molar-refractivity contribution >= 4 is 25.6 Å². The van der Waals surface area contributed by atoms with Crippen LogP contribution >= 0.6 is 0 Å². The van der Waals surface area contributed by atoms with Gasteiger partial charge in [0.15, 0.2) is 5.03 Å². The van der Waals surface area contributed by atoms with E-state index < -0.39 is 25.6 Å². The van der Waals surface area contributed by atoms with Crippen molar-refractivity contribution in [3.63, 3.8) is 0 Å². The lowest BCUT2D eigenvalue weighted by Gasteiger charge is -2.07. The molecule has 0 spiro atoms. The van der Waals surface area contributed by atoms with Crippen LogP contribution in [0.25, 0.3) is 0 Å². The Labute approximate surface area is 155 Å². The molecule has 0 bridgehead atoms. The van der Waals surface area contributed by atoms with Crippen LogP contribution in [0.5, 0.6) is 0 Å². The molecule has 3 aromatic rings. The van der Waals surface area contributed by atoms with Gasteiger partial charge in [-0.2, -0.15) is 0 Å². The summed E-state index contributed by atoms with van der Waals surface area (Å²) < 4.78 is 50.2. The van der Waals surface area contributed by atoms with E-state index in [-0.39, 0.29) is 25.3 Å². The van der Waals surface area contributed by atoms with Crippen molar-refractivity contribution in [2.75, 3.05) is 0 Å². The highest BCUT2D eigenvalue weighted by atomic mass is 32.2. The molecule has 1 aromatic heterocycles. The first kappa shape index (κ1) is 18.7. The average molecular weight is 404 g/mol. The number of benzene rings is 2. The molecule has 1 heterocycles. The summed E-state index contributed by atoms with van der Waals surface area (Å²) in [5.41, 5.74) is -0.0414. The van der Waals surface area contributed by atoms with Crippen LogP contribution in [0.1, 0.15) is 10.4 Å². The van der Waals surface area contributed by atoms with Gasteiger partial charge in [-0.25, -0.2) is 31.6 Å². The van der Waals surface area contributed by atoms with Crippen molar-refractivity contribution in [3.8, 4) is 0 Å². The summed E-state index contributed by atoms with van der Waals surface area (Å²) in [6.45, 7) is 0. The van der Waals surface area contributed by atoms with Crippen LogP contribution in [0, 0.1) is 0 Å². The summed E-state index contributed by atoms with van der Waals surface area (Å²) in [6, 6.07) is 10.7. The molecule has 3 rings (SSSR count). The molecular formula is C17H12N2O6S2. The summed E-state index contributed by atoms with van der Waals surface area (Å²) in [5.74, 6) is -1.17. The number of hydrogen-bond acceptors (Lipinski definition) is 7. The lowest BCUT2D eigenvalue weighted by molar-refractivity contribution is 0.0696. The Morgan fingerprint density at radius 1 is 0.741 bits per heavy atom. The van der Waals surface area contributed by atoms with E-state index in [2.05, 4.69) is 9.97 Å². The number of carboxylic acid groups (broad SMARTS) is 1. The zero-order valence-corrected chi connectivity index (χ0v) is 15.2. The zero-order valence-electron chi connectivity index (χ0n) is 13.6. The molecule has 10 heteroatoms. The van der Waals surface area contributed by atoms with E-state index in [1.165, 1.54) is 60.8 Å². The first-order valence-electron chi connectivity index (χ1n) is 7.42. The Hall–Kier alpha value is -3.11. The van der Waals surface area contributed by atoms with Gasteiger partial charge in [0.05, 0.1) is 20.2 Å². The lowest BCUT2D eigenvalue weighted by Crippen LogP contribution is -2.06. The van der Waals surface area contributed by atoms with E-state index >= 15 is 0 Å². The third kappa shape index (κ3) is 3.57. The van der Waals surface area contributed by atoms with E-state index in [9.17, 15) is 21.6 Å². The first-order valence-corrected chi connectivity index (χ1v) is 10.4. The Balaban J connectivity index is 1.96. The smallest absolute Gasteiger partial charge is 0.335 e. The quantitative estimate of drug-likeness (QED) is 0.637. The minimum absolute atomic E-state index is 0.0414. The van der Waals surface area contributed by atoms with Gasteiger partial charge in [-0.15, -0.1) is 0 Å². The van der Waals surface area contributed by atoms with Gasteiger partial charge in [-0.05, 0) is 54.6 Å². The van der Waals surface area contributed by atoms with Gasteiger partial charge in [0.1, 0.15) is 6.33 Å². The molecule has 0 saturated heterocycles. The van der Waals surface area contributed by atoms with Crippen LogP contribution in [-0.2, 0) is 19.7 Å². The molecule has 0 aliphatic heterocycles. The Morgan fingerprint density at radius 3 is 1.67 bits per heavy atom. The SMILES string of the molecule is O=C(O)c1ccc(S(=O)(=O)c2ccc(S(=O)(=O)c3ccncn3)cc2)cc1. The lowest BCUT2D eigenvalue weighted by atomic mass is 10.2. The van der Waals surface area contributed by atoms with Crippen molar-refractivity contribution in [3.05, 3.63) is 72.7 Å². The first-order chi connectivity index (χ1) is 12.7. The second-order valence-corrected chi connectivity index (χ2v) is 9.20. The van der Waals surface area contributed by atoms with Crippen molar-refractivity contribution in [2.45, 2.75) is 19.7 Å². The fourth-order valence-electron chi connectivity index (χ4n) is 2.27. The van der Waals surface area contributed by atoms with Crippen molar-refractivity contribution in [2.24, 2.45) is 0 Å². The summed E-state index contributed by atoms with van der Waals surface area (Å²) >= 11 is 0. The molecular weight excluding hydrogens is 392 g/mol. The standard InChI is InChI=1S/C17H12N2O6S2/c20-17(21)12-1-3-13(4-2-12)26(22,23)14-5-7-15(8-6-14)27(24,25)16-9-10-18-11-19-16/h1-11H,(H,20,21). The van der Waals surface area contributed by atoms with Crippen LogP contribution in [-0.4, -0.2) is 37.9 Å². The maximum absolute atomic E-state index is 12.6. The minimum atomic E-state index is -3.92. The highest BCUT2D eigenvalue weighted by Crippen LogP contribution is 2.24. The highest BCUT2D eigenvalue weighted by Gasteiger charge is 2.22. The van der Waals surface area contributed by atoms with Crippen LogP contribution in [0.15, 0.2) is 86.8 Å². The van der Waals surface area contributed by atoms with Crippen LogP contribution in [0.2, 0.25) is 0 Å². The maximum Gasteiger partial charge on any atom is 0.335 e. The van der Waals surface area contributed by atoms with Crippen LogP contribution < -0.4 is 0 Å². The molecule has 1 N–H and O–H groups in total. The molecule has 0 atom stereocenters. The molecule has 0 aliphatic rings. The summed E-state index contributed by atoms with van der Waals surface area (Å²) in [4.78, 5) is 17.9. The fraction of sp³-hybridized carbons (Fsp3) is 0. The topological polar surface area (TPSA) is 131 Å². The van der Waals surface area contributed by atoms with E-state index in [1.807, 2.05) is 0 Å². The molecule has 0 fully saturated rings. The Morgan fingerprint density at radius 2 is 1.22 bits per heavy atom. The number of carboxylic acids is 1. The second-order valence-electron chi connectivity index (χ2n) is 5.36. The predicted octanol–water partition coefficient (Wildman–Crippen LogP) is 1.84. The molecule has 8 nitrogen and oxygen atoms in total. The third-order valence-electron chi connectivity index (χ3n) is 3.69. The maximum atomic E-state index is 12.6. The van der Waals surface area contributed by atoms with E-state index in [0.29, 0.717) is 0 Å². The molecule has 0 amide bonds. The molecule has 0 unspecified atom stereocenters. The average Bonchev–Trinajstić information content (AvgIpc) is 2.69. The predicted molar refractivity (Wildman–Crippen MR) is 92.8 cm³/mol. The Bertz CT molecular complexity index is 1190. The Kier molecular flexibility index (Phi) is 4.77. The van der Waals surface area contributed by atoms with Crippen LogP contribution in [0.3, 0.4) is 0 Å². The van der Waals surface area contributed by atoms with E-state index in [4.69, 9.17) is 5.11 Å². The third-order valence-corrected chi connectivity index (χ3v) is 7.16.